The number of urea groups is 1. The maximum absolute atomic E-state index is 14.4. The monoisotopic (exact) mass is 907 g/mol. The van der Waals surface area contributed by atoms with E-state index in [9.17, 15) is 42.3 Å². The third kappa shape index (κ3) is 13.2. The fourth-order valence-electron chi connectivity index (χ4n) is 8.02. The Balaban J connectivity index is 1.04. The zero-order valence-electron chi connectivity index (χ0n) is 36.7. The number of nitrogens with zero attached hydrogens (tertiary/aromatic N) is 2. The Morgan fingerprint density at radius 3 is 2.48 bits per heavy atom. The van der Waals surface area contributed by atoms with Crippen LogP contribution in [0, 0.1) is 5.92 Å². The van der Waals surface area contributed by atoms with Gasteiger partial charge in [0.05, 0.1) is 23.6 Å². The molecule has 4 aliphatic rings. The van der Waals surface area contributed by atoms with Gasteiger partial charge in [0.15, 0.2) is 0 Å². The van der Waals surface area contributed by atoms with E-state index in [1.54, 1.807) is 32.9 Å². The van der Waals surface area contributed by atoms with Crippen LogP contribution in [-0.4, -0.2) is 113 Å². The largest absolute Gasteiger partial charge is 0.494 e. The van der Waals surface area contributed by atoms with Crippen molar-refractivity contribution in [2.24, 2.45) is 5.92 Å². The van der Waals surface area contributed by atoms with Crippen molar-refractivity contribution in [3.05, 3.63) is 60.3 Å². The van der Waals surface area contributed by atoms with Gasteiger partial charge in [-0.2, -0.15) is 0 Å². The molecule has 0 bridgehead atoms. The molecule has 0 radical (unpaired) electrons. The highest BCUT2D eigenvalue weighted by molar-refractivity contribution is 7.91. The number of rotatable bonds is 15. The van der Waals surface area contributed by atoms with Gasteiger partial charge in [0.2, 0.25) is 21.8 Å². The first kappa shape index (κ1) is 47.8. The summed E-state index contributed by atoms with van der Waals surface area (Å²) < 4.78 is 39.2. The highest BCUT2D eigenvalue weighted by Gasteiger charge is 2.62. The van der Waals surface area contributed by atoms with Crippen LogP contribution in [-0.2, 0) is 29.1 Å². The zero-order chi connectivity index (χ0) is 46.1. The first-order chi connectivity index (χ1) is 30.4. The van der Waals surface area contributed by atoms with E-state index in [2.05, 4.69) is 31.0 Å². The van der Waals surface area contributed by atoms with Crippen LogP contribution in [0.15, 0.2) is 54.6 Å². The lowest BCUT2D eigenvalue weighted by atomic mass is 10.0. The maximum Gasteiger partial charge on any atom is 0.407 e. The fourth-order valence-corrected chi connectivity index (χ4v) is 9.38. The summed E-state index contributed by atoms with van der Waals surface area (Å²) in [6, 6.07) is 8.72. The highest BCUT2D eigenvalue weighted by atomic mass is 32.2. The van der Waals surface area contributed by atoms with Gasteiger partial charge in [0.1, 0.15) is 34.7 Å². The van der Waals surface area contributed by atoms with Crippen LogP contribution in [0.3, 0.4) is 0 Å². The van der Waals surface area contributed by atoms with E-state index in [1.807, 2.05) is 36.4 Å². The molecule has 2 aromatic rings. The third-order valence-electron chi connectivity index (χ3n) is 11.6. The van der Waals surface area contributed by atoms with Gasteiger partial charge in [-0.1, -0.05) is 56.0 Å². The first-order valence-electron chi connectivity index (χ1n) is 22.3. The Bertz CT molecular complexity index is 2190. The highest BCUT2D eigenvalue weighted by Crippen LogP contribution is 2.46. The smallest absolute Gasteiger partial charge is 0.407 e. The number of pyridine rings is 1. The van der Waals surface area contributed by atoms with Gasteiger partial charge in [-0.3, -0.25) is 19.1 Å². The first-order valence-corrected chi connectivity index (χ1v) is 23.8. The Morgan fingerprint density at radius 2 is 1.73 bits per heavy atom. The molecule has 2 saturated carbocycles. The van der Waals surface area contributed by atoms with Crippen LogP contribution in [0.5, 0.6) is 5.75 Å². The number of hydrogen-bond donors (Lipinski definition) is 6. The number of aromatic nitrogens is 1. The van der Waals surface area contributed by atoms with Crippen molar-refractivity contribution >= 4 is 45.8 Å². The fraction of sp³-hybridized carbons (Fsp3) is 0.578. The molecule has 18 nitrogen and oxygen atoms in total. The summed E-state index contributed by atoms with van der Waals surface area (Å²) in [5, 5.41) is 19.9. The maximum atomic E-state index is 14.4. The average Bonchev–Trinajstić information content (AvgIpc) is 4.17. The molecule has 2 aliphatic carbocycles. The number of fused-ring (bicyclic) bond motifs is 2. The van der Waals surface area contributed by atoms with Crippen LogP contribution in [0.4, 0.5) is 9.59 Å². The predicted molar refractivity (Wildman–Crippen MR) is 235 cm³/mol. The van der Waals surface area contributed by atoms with E-state index in [4.69, 9.17) is 9.47 Å². The lowest BCUT2D eigenvalue weighted by Crippen LogP contribution is -2.58. The molecule has 3 heterocycles. The number of allylic oxidation sites excluding steroid dienone is 1. The number of benzene rings is 1. The lowest BCUT2D eigenvalue weighted by Gasteiger charge is -2.30. The molecule has 348 valence electrons. The van der Waals surface area contributed by atoms with Crippen molar-refractivity contribution in [1.82, 2.24) is 35.9 Å². The summed E-state index contributed by atoms with van der Waals surface area (Å²) in [7, 11) is -3.91. The Morgan fingerprint density at radius 1 is 0.969 bits per heavy atom. The van der Waals surface area contributed by atoms with Crippen LogP contribution < -0.4 is 30.7 Å². The second-order valence-corrected chi connectivity index (χ2v) is 20.0. The molecule has 2 aliphatic heterocycles. The number of sulfonamides is 1. The summed E-state index contributed by atoms with van der Waals surface area (Å²) in [5.74, 6) is -2.93. The Kier molecular flexibility index (Phi) is 15.6. The van der Waals surface area contributed by atoms with Crippen molar-refractivity contribution < 1.29 is 51.8 Å². The van der Waals surface area contributed by atoms with E-state index in [0.29, 0.717) is 63.1 Å². The number of carboxylic acids is 1. The molecular weight excluding hydrogens is 847 g/mol. The summed E-state index contributed by atoms with van der Waals surface area (Å²) in [6.07, 6.45) is 10.3. The third-order valence-corrected chi connectivity index (χ3v) is 13.4. The Hall–Kier alpha value is -5.72. The lowest BCUT2D eigenvalue weighted by molar-refractivity contribution is -0.141. The SMILES string of the molecule is CC(C)(C)OC(=O)N[C@@H]1C[C@H]2C(=O)N[C@]3(C(=O)NS(=O)(=O)C4CC4)C[C@H]3C=CCCCCC[C@H](NC(=O)NCCCCCCOc3cccc(-c4cccc(C(=O)O)n4)c3)C(=O)N2C1. The molecular formula is C45H61N7O11S. The van der Waals surface area contributed by atoms with Crippen LogP contribution in [0.25, 0.3) is 11.3 Å². The molecule has 3 fully saturated rings. The van der Waals surface area contributed by atoms with Crippen molar-refractivity contribution in [2.75, 3.05) is 19.7 Å². The van der Waals surface area contributed by atoms with E-state index in [0.717, 1.165) is 37.7 Å². The average molecular weight is 908 g/mol. The molecule has 0 unspecified atom stereocenters. The van der Waals surface area contributed by atoms with Crippen LogP contribution >= 0.6 is 0 Å². The molecule has 5 atom stereocenters. The number of alkyl carbamates (subject to hydrolysis) is 1. The van der Waals surface area contributed by atoms with Gasteiger partial charge >= 0.3 is 18.1 Å². The minimum atomic E-state index is -3.91. The van der Waals surface area contributed by atoms with Gasteiger partial charge in [0.25, 0.3) is 5.91 Å². The normalized spacial score (nSPS) is 23.8. The second kappa shape index (κ2) is 20.9. The topological polar surface area (TPSA) is 252 Å². The summed E-state index contributed by atoms with van der Waals surface area (Å²) >= 11 is 0. The molecule has 1 aromatic carbocycles. The van der Waals surface area contributed by atoms with E-state index < -0.39 is 86.3 Å². The minimum Gasteiger partial charge on any atom is -0.494 e. The number of carbonyl (C=O) groups is 6. The van der Waals surface area contributed by atoms with Gasteiger partial charge in [-0.15, -0.1) is 0 Å². The van der Waals surface area contributed by atoms with Crippen LogP contribution in [0.1, 0.15) is 115 Å². The van der Waals surface area contributed by atoms with Gasteiger partial charge < -0.3 is 40.7 Å². The molecule has 64 heavy (non-hydrogen) atoms. The Labute approximate surface area is 374 Å². The number of hydrogen-bond acceptors (Lipinski definition) is 11. The molecule has 1 aromatic heterocycles. The number of aromatic carboxylic acids is 1. The van der Waals surface area contributed by atoms with Crippen molar-refractivity contribution in [1.29, 1.82) is 0 Å². The van der Waals surface area contributed by atoms with E-state index >= 15 is 0 Å². The molecule has 19 heteroatoms. The van der Waals surface area contributed by atoms with Gasteiger partial charge in [0, 0.05) is 24.6 Å². The molecule has 6 rings (SSSR count). The standard InChI is InChI=1S/C45H61N7O11S/c1-44(2,3)63-43(59)47-31-26-37-38(53)50-45(41(57)51-64(60,61)33-21-22-33)27-30(45)16-9-5-4-6-10-18-35(39(54)52(37)28-31)49-42(58)46-23-11-7-8-12-24-62-32-17-13-15-29(25-32)34-19-14-20-36(48-34)40(55)56/h9,13-17,19-20,25,30-31,33,35,37H,4-8,10-12,18,21-24,26-28H2,1-3H3,(H,47,59)(H,50,53)(H,51,57)(H,55,56)(H2,46,49,58)/t30-,31-,35+,37+,45-/m1/s1. The molecule has 1 saturated heterocycles. The summed E-state index contributed by atoms with van der Waals surface area (Å²) in [4.78, 5) is 85.3. The quantitative estimate of drug-likeness (QED) is 0.106. The molecule has 6 amide bonds. The van der Waals surface area contributed by atoms with Gasteiger partial charge in [-0.05, 0) is 103 Å². The number of nitrogens with one attached hydrogen (secondary N) is 5. The number of carboxylic acid groups (broad SMARTS) is 1. The summed E-state index contributed by atoms with van der Waals surface area (Å²) in [5.41, 5.74) is -1.11. The number of carbonyl (C=O) groups excluding carboxylic acids is 5. The van der Waals surface area contributed by atoms with Crippen molar-refractivity contribution in [3.63, 3.8) is 0 Å². The number of ether oxygens (including phenoxy) is 2. The van der Waals surface area contributed by atoms with Crippen molar-refractivity contribution in [3.8, 4) is 17.0 Å². The number of amides is 6. The van der Waals surface area contributed by atoms with Crippen molar-refractivity contribution in [2.45, 2.75) is 139 Å². The molecule has 0 spiro atoms. The van der Waals surface area contributed by atoms with E-state index in [-0.39, 0.29) is 25.1 Å². The van der Waals surface area contributed by atoms with Gasteiger partial charge in [-0.25, -0.2) is 27.8 Å². The number of unbranched alkanes of at least 4 members (excludes halogenated alkanes) is 3. The second-order valence-electron chi connectivity index (χ2n) is 18.1. The summed E-state index contributed by atoms with van der Waals surface area (Å²) in [6.45, 7) is 5.88. The molecule has 6 N–H and O–H groups in total. The van der Waals surface area contributed by atoms with Crippen LogP contribution in [0.2, 0.25) is 0 Å². The predicted octanol–water partition coefficient (Wildman–Crippen LogP) is 4.55. The minimum absolute atomic E-state index is 0.00768. The van der Waals surface area contributed by atoms with E-state index in [1.165, 1.54) is 11.0 Å². The zero-order valence-corrected chi connectivity index (χ0v) is 37.5.